The van der Waals surface area contributed by atoms with Crippen LogP contribution in [0.4, 0.5) is 0 Å². The fourth-order valence-electron chi connectivity index (χ4n) is 3.48. The van der Waals surface area contributed by atoms with Crippen LogP contribution in [0.15, 0.2) is 42.5 Å². The van der Waals surface area contributed by atoms with E-state index in [9.17, 15) is 0 Å². The third-order valence-electron chi connectivity index (χ3n) is 5.96. The van der Waals surface area contributed by atoms with Crippen molar-refractivity contribution in [3.8, 4) is 0 Å². The van der Waals surface area contributed by atoms with Crippen LogP contribution in [0.1, 0.15) is 69.2 Å². The van der Waals surface area contributed by atoms with Gasteiger partial charge in [0.05, 0.1) is 0 Å². The van der Waals surface area contributed by atoms with E-state index in [0.29, 0.717) is 0 Å². The molecule has 2 aliphatic rings. The third kappa shape index (κ3) is 2.49. The first-order valence-corrected chi connectivity index (χ1v) is 8.87. The molecule has 0 aliphatic heterocycles. The Bertz CT molecular complexity index is 581. The Hall–Kier alpha value is -0.574. The molecule has 2 rings (SSSR count). The summed E-state index contributed by atoms with van der Waals surface area (Å²) in [6.07, 6.45) is 0. The van der Waals surface area contributed by atoms with Gasteiger partial charge in [0.15, 0.2) is 0 Å². The molecule has 0 saturated carbocycles. The molecular formula is C20H32CoO. The van der Waals surface area contributed by atoms with Gasteiger partial charge in [-0.2, -0.15) is 0 Å². The molecule has 0 fully saturated rings. The van der Waals surface area contributed by atoms with E-state index in [2.05, 4.69) is 69.2 Å². The number of rotatable bonds is 2. The minimum absolute atomic E-state index is 0. The average molecular weight is 347 g/mol. The molecule has 2 aliphatic carbocycles. The van der Waals surface area contributed by atoms with Crippen LogP contribution in [-0.2, 0) is 14.7 Å². The minimum Gasteiger partial charge on any atom is -0.412 e. The zero-order chi connectivity index (χ0) is 16.3. The van der Waals surface area contributed by atoms with Crippen LogP contribution in [0, 0.1) is 10.8 Å². The molecule has 0 radical (unpaired) electrons. The summed E-state index contributed by atoms with van der Waals surface area (Å²) in [6.45, 7) is 23.3. The average Bonchev–Trinajstić information content (AvgIpc) is 2.63. The van der Waals surface area contributed by atoms with E-state index >= 15 is 0 Å². The zero-order valence-corrected chi connectivity index (χ0v) is 16.9. The van der Waals surface area contributed by atoms with Gasteiger partial charge in [0.1, 0.15) is 0 Å². The Kier molecular flexibility index (Phi) is 5.14. The summed E-state index contributed by atoms with van der Waals surface area (Å²) in [6, 6.07) is 0. The van der Waals surface area contributed by atoms with Gasteiger partial charge in [0.25, 0.3) is 0 Å². The minimum atomic E-state index is 0. The fraction of sp³-hybridized carbons (Fsp3) is 0.600. The molecule has 0 saturated heterocycles. The third-order valence-corrected chi connectivity index (χ3v) is 8.56. The molecule has 0 spiro atoms. The monoisotopic (exact) mass is 347 g/mol. The van der Waals surface area contributed by atoms with Crippen LogP contribution in [0.25, 0.3) is 0 Å². The summed E-state index contributed by atoms with van der Waals surface area (Å²) in [5, 5.41) is 0. The molecule has 0 aromatic rings. The van der Waals surface area contributed by atoms with Crippen molar-refractivity contribution in [2.24, 2.45) is 10.8 Å². The molecule has 0 aromatic carbocycles. The quantitative estimate of drug-likeness (QED) is 0.628. The first-order chi connectivity index (χ1) is 9.44. The van der Waals surface area contributed by atoms with E-state index in [1.165, 1.54) is 48.1 Å². The maximum Gasteiger partial charge on any atom is -0.412 e. The predicted molar refractivity (Wildman–Crippen MR) is 93.3 cm³/mol. The normalized spacial score (nSPS) is 23.9. The van der Waals surface area contributed by atoms with Gasteiger partial charge in [0.2, 0.25) is 0 Å². The largest absolute Gasteiger partial charge is 0.412 e. The van der Waals surface area contributed by atoms with E-state index in [4.69, 9.17) is 0 Å². The van der Waals surface area contributed by atoms with Gasteiger partial charge < -0.3 is 5.48 Å². The zero-order valence-electron chi connectivity index (χ0n) is 15.8. The molecule has 0 aromatic heterocycles. The molecule has 0 amide bonds. The Labute approximate surface area is 142 Å². The van der Waals surface area contributed by atoms with Gasteiger partial charge in [-0.05, 0) is 0 Å². The van der Waals surface area contributed by atoms with Crippen LogP contribution in [0.5, 0.6) is 0 Å². The molecule has 2 heteroatoms. The van der Waals surface area contributed by atoms with Crippen LogP contribution in [0.2, 0.25) is 0 Å². The van der Waals surface area contributed by atoms with Gasteiger partial charge in [-0.1, -0.05) is 0 Å². The Morgan fingerprint density at radius 1 is 0.545 bits per heavy atom. The standard InChI is InChI=1S/2C10H15.Co.H2O/c2*1-7-6-10(4,5)9(3)8(7)2;;/h2*1-5H3;;1H2. The number of hydrogen-bond donors (Lipinski definition) is 0. The van der Waals surface area contributed by atoms with Crippen molar-refractivity contribution in [3.63, 3.8) is 0 Å². The van der Waals surface area contributed by atoms with E-state index in [-0.39, 0.29) is 16.3 Å². The topological polar surface area (TPSA) is 31.5 Å². The number of allylic oxidation sites excluding steroid dienone is 8. The maximum absolute atomic E-state index is 2.38. The second-order valence-corrected chi connectivity index (χ2v) is 8.97. The summed E-state index contributed by atoms with van der Waals surface area (Å²) in [4.78, 5) is 0. The molecule has 1 nitrogen and oxygen atoms in total. The van der Waals surface area contributed by atoms with Crippen molar-refractivity contribution in [3.05, 3.63) is 42.5 Å². The molecule has 0 unspecified atom stereocenters. The van der Waals surface area contributed by atoms with Crippen LogP contribution in [-0.4, -0.2) is 5.48 Å². The van der Waals surface area contributed by atoms with Crippen molar-refractivity contribution in [2.45, 2.75) is 69.2 Å². The first kappa shape index (κ1) is 19.5. The van der Waals surface area contributed by atoms with E-state index in [0.717, 1.165) is 0 Å². The second kappa shape index (κ2) is 5.81. The maximum atomic E-state index is 2.38. The first-order valence-electron chi connectivity index (χ1n) is 7.83. The van der Waals surface area contributed by atoms with Gasteiger partial charge in [-0.25, -0.2) is 0 Å². The van der Waals surface area contributed by atoms with Crippen molar-refractivity contribution < 1.29 is 20.2 Å². The molecule has 0 heterocycles. The van der Waals surface area contributed by atoms with Crippen LogP contribution >= 0.6 is 0 Å². The van der Waals surface area contributed by atoms with Gasteiger partial charge in [-0.3, -0.25) is 0 Å². The Morgan fingerprint density at radius 2 is 0.818 bits per heavy atom. The molecular weight excluding hydrogens is 315 g/mol. The summed E-state index contributed by atoms with van der Waals surface area (Å²) in [7, 11) is 0. The van der Waals surface area contributed by atoms with E-state index < -0.39 is 0 Å². The van der Waals surface area contributed by atoms with Crippen molar-refractivity contribution >= 4 is 0 Å². The molecule has 0 atom stereocenters. The number of hydrogen-bond acceptors (Lipinski definition) is 0. The predicted octanol–water partition coefficient (Wildman–Crippen LogP) is 5.54. The van der Waals surface area contributed by atoms with Crippen molar-refractivity contribution in [2.75, 3.05) is 0 Å². The smallest absolute Gasteiger partial charge is 0.412 e. The van der Waals surface area contributed by atoms with E-state index in [1.54, 1.807) is 9.02 Å². The Balaban J connectivity index is 0.00000242. The fourth-order valence-corrected chi connectivity index (χ4v) is 5.56. The van der Waals surface area contributed by atoms with Crippen LogP contribution in [0.3, 0.4) is 0 Å². The van der Waals surface area contributed by atoms with Gasteiger partial charge >= 0.3 is 137 Å². The summed E-state index contributed by atoms with van der Waals surface area (Å²) < 4.78 is 3.19. The SMILES string of the molecule is CC1=C(C)C(C)(C)[C]([Co][C]2=C(C)C(C)=C(C)C2(C)C)=C1C.O. The van der Waals surface area contributed by atoms with Crippen molar-refractivity contribution in [1.29, 1.82) is 0 Å². The summed E-state index contributed by atoms with van der Waals surface area (Å²) in [5.74, 6) is 0. The molecule has 2 N–H and O–H groups in total. The Morgan fingerprint density at radius 3 is 1.00 bits per heavy atom. The van der Waals surface area contributed by atoms with Gasteiger partial charge in [0, 0.05) is 0 Å². The van der Waals surface area contributed by atoms with Crippen molar-refractivity contribution in [1.82, 2.24) is 0 Å². The summed E-state index contributed by atoms with van der Waals surface area (Å²) >= 11 is 1.47. The van der Waals surface area contributed by atoms with Crippen LogP contribution < -0.4 is 0 Å². The molecule has 22 heavy (non-hydrogen) atoms. The summed E-state index contributed by atoms with van der Waals surface area (Å²) in [5.41, 5.74) is 9.49. The van der Waals surface area contributed by atoms with Gasteiger partial charge in [-0.15, -0.1) is 0 Å². The second-order valence-electron chi connectivity index (χ2n) is 7.67. The molecule has 127 valence electrons. The molecule has 0 bridgehead atoms. The van der Waals surface area contributed by atoms with E-state index in [1.807, 2.05) is 0 Å².